The molecule has 1 amide bonds. The van der Waals surface area contributed by atoms with E-state index in [-0.39, 0.29) is 28.3 Å². The highest BCUT2D eigenvalue weighted by Gasteiger charge is 2.19. The van der Waals surface area contributed by atoms with Crippen molar-refractivity contribution in [2.45, 2.75) is 11.5 Å². The summed E-state index contributed by atoms with van der Waals surface area (Å²) in [6.45, 7) is 0.127. The minimum Gasteiger partial charge on any atom is -0.457 e. The highest BCUT2D eigenvalue weighted by atomic mass is 79.9. The van der Waals surface area contributed by atoms with Crippen molar-refractivity contribution in [1.29, 1.82) is 0 Å². The van der Waals surface area contributed by atoms with Gasteiger partial charge in [-0.05, 0) is 60.2 Å². The Bertz CT molecular complexity index is 1490. The van der Waals surface area contributed by atoms with Gasteiger partial charge in [0.15, 0.2) is 0 Å². The SMILES string of the molecule is O=C(OCc1ccccc1)c1cccc(NC(=O)c2ccccc2NS(=O)(=O)c2ccc(Br)cc2)c1. The van der Waals surface area contributed by atoms with E-state index in [1.807, 2.05) is 30.3 Å². The molecule has 0 heterocycles. The van der Waals surface area contributed by atoms with Gasteiger partial charge in [0.2, 0.25) is 0 Å². The van der Waals surface area contributed by atoms with Gasteiger partial charge in [-0.15, -0.1) is 0 Å². The lowest BCUT2D eigenvalue weighted by Crippen LogP contribution is -2.18. The Balaban J connectivity index is 1.47. The summed E-state index contributed by atoms with van der Waals surface area (Å²) in [4.78, 5) is 25.6. The van der Waals surface area contributed by atoms with Gasteiger partial charge in [0.25, 0.3) is 15.9 Å². The maximum atomic E-state index is 13.0. The summed E-state index contributed by atoms with van der Waals surface area (Å²) >= 11 is 3.28. The normalized spacial score (nSPS) is 10.9. The molecule has 0 fully saturated rings. The van der Waals surface area contributed by atoms with Crippen LogP contribution in [0.1, 0.15) is 26.3 Å². The van der Waals surface area contributed by atoms with Crippen LogP contribution in [0, 0.1) is 0 Å². The van der Waals surface area contributed by atoms with Gasteiger partial charge in [-0.25, -0.2) is 13.2 Å². The Morgan fingerprint density at radius 3 is 2.25 bits per heavy atom. The lowest BCUT2D eigenvalue weighted by atomic mass is 10.1. The van der Waals surface area contributed by atoms with E-state index in [4.69, 9.17) is 4.74 Å². The Hall–Kier alpha value is -3.95. The van der Waals surface area contributed by atoms with Crippen molar-refractivity contribution in [3.63, 3.8) is 0 Å². The topological polar surface area (TPSA) is 102 Å². The molecular weight excluding hydrogens is 544 g/mol. The fourth-order valence-corrected chi connectivity index (χ4v) is 4.66. The fraction of sp³-hybridized carbons (Fsp3) is 0.0370. The van der Waals surface area contributed by atoms with E-state index in [1.165, 1.54) is 30.3 Å². The average molecular weight is 565 g/mol. The van der Waals surface area contributed by atoms with Crippen molar-refractivity contribution in [2.75, 3.05) is 10.0 Å². The molecule has 0 aromatic heterocycles. The fourth-order valence-electron chi connectivity index (χ4n) is 3.32. The van der Waals surface area contributed by atoms with Crippen molar-refractivity contribution in [1.82, 2.24) is 0 Å². The number of anilines is 2. The van der Waals surface area contributed by atoms with Crippen molar-refractivity contribution in [2.24, 2.45) is 0 Å². The number of ether oxygens (including phenoxy) is 1. The third-order valence-electron chi connectivity index (χ3n) is 5.11. The number of sulfonamides is 1. The molecule has 4 rings (SSSR count). The number of carbonyl (C=O) groups excluding carboxylic acids is 2. The third-order valence-corrected chi connectivity index (χ3v) is 7.02. The molecule has 2 N–H and O–H groups in total. The third kappa shape index (κ3) is 6.38. The molecule has 0 saturated heterocycles. The van der Waals surface area contributed by atoms with Crippen LogP contribution >= 0.6 is 15.9 Å². The maximum absolute atomic E-state index is 13.0. The zero-order chi connectivity index (χ0) is 25.5. The van der Waals surface area contributed by atoms with Crippen LogP contribution in [0.25, 0.3) is 0 Å². The second kappa shape index (κ2) is 11.2. The summed E-state index contributed by atoms with van der Waals surface area (Å²) in [5.74, 6) is -1.07. The number of esters is 1. The molecule has 0 bridgehead atoms. The molecule has 182 valence electrons. The summed E-state index contributed by atoms with van der Waals surface area (Å²) < 4.78 is 34.2. The van der Waals surface area contributed by atoms with Crippen LogP contribution in [0.4, 0.5) is 11.4 Å². The molecule has 36 heavy (non-hydrogen) atoms. The second-order valence-corrected chi connectivity index (χ2v) is 10.3. The lowest BCUT2D eigenvalue weighted by Gasteiger charge is -2.13. The van der Waals surface area contributed by atoms with Gasteiger partial charge in [-0.1, -0.05) is 64.5 Å². The second-order valence-electron chi connectivity index (χ2n) is 7.70. The first-order chi connectivity index (χ1) is 17.3. The van der Waals surface area contributed by atoms with Crippen LogP contribution < -0.4 is 10.0 Å². The summed E-state index contributed by atoms with van der Waals surface area (Å²) in [6.07, 6.45) is 0. The number of para-hydroxylation sites is 1. The number of hydrogen-bond acceptors (Lipinski definition) is 5. The number of rotatable bonds is 8. The first-order valence-electron chi connectivity index (χ1n) is 10.8. The molecule has 7 nitrogen and oxygen atoms in total. The van der Waals surface area contributed by atoms with E-state index in [1.54, 1.807) is 42.5 Å². The standard InChI is InChI=1S/C27H21BrN2O5S/c28-21-13-15-23(16-14-21)36(33,34)30-25-12-5-4-11-24(25)26(31)29-22-10-6-9-20(17-22)27(32)35-18-19-7-2-1-3-8-19/h1-17,30H,18H2,(H,29,31). The Kier molecular flexibility index (Phi) is 7.82. The van der Waals surface area contributed by atoms with Gasteiger partial charge >= 0.3 is 5.97 Å². The van der Waals surface area contributed by atoms with Crippen molar-refractivity contribution >= 4 is 49.2 Å². The Morgan fingerprint density at radius 1 is 0.806 bits per heavy atom. The van der Waals surface area contributed by atoms with Crippen molar-refractivity contribution in [3.05, 3.63) is 124 Å². The van der Waals surface area contributed by atoms with Crippen LogP contribution in [0.15, 0.2) is 112 Å². The van der Waals surface area contributed by atoms with E-state index < -0.39 is 21.9 Å². The van der Waals surface area contributed by atoms with E-state index >= 15 is 0 Å². The number of halogens is 1. The molecule has 0 saturated carbocycles. The van der Waals surface area contributed by atoms with Gasteiger partial charge in [0, 0.05) is 10.2 Å². The minimum atomic E-state index is -3.92. The maximum Gasteiger partial charge on any atom is 0.338 e. The Labute approximate surface area is 217 Å². The smallest absolute Gasteiger partial charge is 0.338 e. The van der Waals surface area contributed by atoms with Gasteiger partial charge in [-0.3, -0.25) is 9.52 Å². The van der Waals surface area contributed by atoms with Crippen LogP contribution in [-0.2, 0) is 21.4 Å². The first-order valence-corrected chi connectivity index (χ1v) is 13.1. The van der Waals surface area contributed by atoms with Crippen LogP contribution in [0.2, 0.25) is 0 Å². The van der Waals surface area contributed by atoms with Gasteiger partial charge in [-0.2, -0.15) is 0 Å². The number of benzene rings is 4. The minimum absolute atomic E-state index is 0.0580. The zero-order valence-electron chi connectivity index (χ0n) is 18.8. The summed E-state index contributed by atoms with van der Waals surface area (Å²) in [6, 6.07) is 28.0. The molecule has 0 aliphatic heterocycles. The summed E-state index contributed by atoms with van der Waals surface area (Å²) in [5, 5.41) is 2.71. The van der Waals surface area contributed by atoms with Crippen molar-refractivity contribution in [3.8, 4) is 0 Å². The molecule has 0 radical (unpaired) electrons. The van der Waals surface area contributed by atoms with E-state index in [2.05, 4.69) is 26.0 Å². The number of amides is 1. The molecule has 4 aromatic rings. The number of hydrogen-bond donors (Lipinski definition) is 2. The predicted molar refractivity (Wildman–Crippen MR) is 141 cm³/mol. The van der Waals surface area contributed by atoms with E-state index in [0.717, 1.165) is 10.0 Å². The van der Waals surface area contributed by atoms with Crippen molar-refractivity contribution < 1.29 is 22.7 Å². The summed E-state index contributed by atoms with van der Waals surface area (Å²) in [7, 11) is -3.92. The van der Waals surface area contributed by atoms with Crippen LogP contribution in [0.5, 0.6) is 0 Å². The number of carbonyl (C=O) groups is 2. The summed E-state index contributed by atoms with van der Waals surface area (Å²) in [5.41, 5.74) is 1.73. The molecule has 0 unspecified atom stereocenters. The highest BCUT2D eigenvalue weighted by molar-refractivity contribution is 9.10. The largest absolute Gasteiger partial charge is 0.457 e. The molecule has 0 spiro atoms. The Morgan fingerprint density at radius 2 is 1.50 bits per heavy atom. The highest BCUT2D eigenvalue weighted by Crippen LogP contribution is 2.23. The molecule has 0 atom stereocenters. The van der Waals surface area contributed by atoms with Gasteiger partial charge in [0.1, 0.15) is 6.61 Å². The monoisotopic (exact) mass is 564 g/mol. The molecule has 4 aromatic carbocycles. The number of nitrogens with one attached hydrogen (secondary N) is 2. The van der Waals surface area contributed by atoms with E-state index in [0.29, 0.717) is 5.69 Å². The molecular formula is C27H21BrN2O5S. The first kappa shape index (κ1) is 25.2. The molecule has 9 heteroatoms. The molecule has 0 aliphatic carbocycles. The molecule has 0 aliphatic rings. The lowest BCUT2D eigenvalue weighted by molar-refractivity contribution is 0.0472. The van der Waals surface area contributed by atoms with Crippen LogP contribution in [0.3, 0.4) is 0 Å². The zero-order valence-corrected chi connectivity index (χ0v) is 21.3. The quantitative estimate of drug-likeness (QED) is 0.261. The van der Waals surface area contributed by atoms with Gasteiger partial charge in [0.05, 0.1) is 21.7 Å². The van der Waals surface area contributed by atoms with Gasteiger partial charge < -0.3 is 10.1 Å². The average Bonchev–Trinajstić information content (AvgIpc) is 2.88. The van der Waals surface area contributed by atoms with E-state index in [9.17, 15) is 18.0 Å². The van der Waals surface area contributed by atoms with Crippen LogP contribution in [-0.4, -0.2) is 20.3 Å². The predicted octanol–water partition coefficient (Wildman–Crippen LogP) is 5.86.